The first-order valence-electron chi connectivity index (χ1n) is 6.76. The Morgan fingerprint density at radius 1 is 1.33 bits per heavy atom. The van der Waals surface area contributed by atoms with Crippen molar-refractivity contribution in [2.75, 3.05) is 31.7 Å². The molecular weight excluding hydrogens is 224 g/mol. The van der Waals surface area contributed by atoms with Crippen LogP contribution < -0.4 is 10.6 Å². The van der Waals surface area contributed by atoms with Gasteiger partial charge in [-0.2, -0.15) is 0 Å². The second-order valence-electron chi connectivity index (χ2n) is 5.37. The first-order valence-corrected chi connectivity index (χ1v) is 6.76. The molecule has 1 atom stereocenters. The van der Waals surface area contributed by atoms with Crippen molar-refractivity contribution in [3.8, 4) is 0 Å². The molecule has 0 saturated heterocycles. The minimum Gasteiger partial charge on any atom is -0.382 e. The summed E-state index contributed by atoms with van der Waals surface area (Å²) in [5.41, 5.74) is 8.66. The third-order valence-electron chi connectivity index (χ3n) is 3.91. The van der Waals surface area contributed by atoms with Crippen molar-refractivity contribution in [1.29, 1.82) is 0 Å². The van der Waals surface area contributed by atoms with E-state index in [9.17, 15) is 0 Å². The highest BCUT2D eigenvalue weighted by molar-refractivity contribution is 5.56. The van der Waals surface area contributed by atoms with Gasteiger partial charge in [0.25, 0.3) is 0 Å². The van der Waals surface area contributed by atoms with Crippen LogP contribution in [0.5, 0.6) is 0 Å². The quantitative estimate of drug-likeness (QED) is 0.887. The maximum Gasteiger partial charge on any atom is 0.0728 e. The molecule has 1 aliphatic heterocycles. The van der Waals surface area contributed by atoms with E-state index in [2.05, 4.69) is 36.1 Å². The Balaban J connectivity index is 2.37. The number of ether oxygens (including phenoxy) is 1. The summed E-state index contributed by atoms with van der Waals surface area (Å²) in [5.74, 6) is 0. The second kappa shape index (κ2) is 5.72. The maximum atomic E-state index is 6.01. The van der Waals surface area contributed by atoms with E-state index in [1.54, 1.807) is 7.11 Å². The highest BCUT2D eigenvalue weighted by Gasteiger charge is 2.32. The zero-order chi connectivity index (χ0) is 13.0. The molecule has 3 nitrogen and oxygen atoms in total. The molecule has 3 heteroatoms. The van der Waals surface area contributed by atoms with Crippen LogP contribution in [0.3, 0.4) is 0 Å². The van der Waals surface area contributed by atoms with Gasteiger partial charge in [-0.15, -0.1) is 0 Å². The molecular formula is C15H24N2O. The Morgan fingerprint density at radius 3 is 2.83 bits per heavy atom. The lowest BCUT2D eigenvalue weighted by Gasteiger charge is -2.42. The first-order chi connectivity index (χ1) is 8.71. The van der Waals surface area contributed by atoms with Crippen LogP contribution in [0.1, 0.15) is 25.3 Å². The van der Waals surface area contributed by atoms with Gasteiger partial charge in [0.2, 0.25) is 0 Å². The summed E-state index contributed by atoms with van der Waals surface area (Å²) in [4.78, 5) is 2.44. The third kappa shape index (κ3) is 2.52. The van der Waals surface area contributed by atoms with E-state index in [1.165, 1.54) is 30.5 Å². The Kier molecular flexibility index (Phi) is 4.25. The molecule has 1 aromatic carbocycles. The summed E-state index contributed by atoms with van der Waals surface area (Å²) in [7, 11) is 1.75. The van der Waals surface area contributed by atoms with Gasteiger partial charge in [-0.3, -0.25) is 0 Å². The summed E-state index contributed by atoms with van der Waals surface area (Å²) in [5, 5.41) is 0. The van der Waals surface area contributed by atoms with E-state index in [0.717, 1.165) is 6.54 Å². The van der Waals surface area contributed by atoms with Gasteiger partial charge in [-0.05, 0) is 37.8 Å². The molecule has 0 aliphatic carbocycles. The number of nitrogens with two attached hydrogens (primary N) is 1. The highest BCUT2D eigenvalue weighted by Crippen LogP contribution is 2.31. The number of aryl methyl sites for hydroxylation is 1. The van der Waals surface area contributed by atoms with Crippen molar-refractivity contribution in [2.45, 2.75) is 31.7 Å². The number of hydrogen-bond donors (Lipinski definition) is 1. The molecule has 2 rings (SSSR count). The van der Waals surface area contributed by atoms with E-state index in [-0.39, 0.29) is 5.54 Å². The van der Waals surface area contributed by atoms with Crippen LogP contribution in [0.4, 0.5) is 5.69 Å². The van der Waals surface area contributed by atoms with Crippen molar-refractivity contribution in [3.05, 3.63) is 29.8 Å². The molecule has 1 aromatic rings. The molecule has 0 bridgehead atoms. The average molecular weight is 248 g/mol. The maximum absolute atomic E-state index is 6.01. The van der Waals surface area contributed by atoms with Crippen LogP contribution in [0.25, 0.3) is 0 Å². The van der Waals surface area contributed by atoms with Crippen molar-refractivity contribution in [2.24, 2.45) is 5.73 Å². The molecule has 100 valence electrons. The van der Waals surface area contributed by atoms with Gasteiger partial charge in [0.05, 0.1) is 12.1 Å². The Hall–Kier alpha value is -1.06. The second-order valence-corrected chi connectivity index (χ2v) is 5.37. The zero-order valence-corrected chi connectivity index (χ0v) is 11.5. The van der Waals surface area contributed by atoms with Crippen molar-refractivity contribution >= 4 is 5.69 Å². The molecule has 0 saturated carbocycles. The number of benzene rings is 1. The number of nitrogens with zero attached hydrogens (tertiary/aromatic N) is 1. The fraction of sp³-hybridized carbons (Fsp3) is 0.600. The monoisotopic (exact) mass is 248 g/mol. The summed E-state index contributed by atoms with van der Waals surface area (Å²) in [6.45, 7) is 4.53. The number of anilines is 1. The normalized spacial score (nSPS) is 18.9. The van der Waals surface area contributed by atoms with Crippen LogP contribution in [0.2, 0.25) is 0 Å². The van der Waals surface area contributed by atoms with Gasteiger partial charge in [0.15, 0.2) is 0 Å². The van der Waals surface area contributed by atoms with E-state index >= 15 is 0 Å². The lowest BCUT2D eigenvalue weighted by molar-refractivity contribution is 0.138. The number of fused-ring (bicyclic) bond motifs is 1. The molecule has 0 spiro atoms. The minimum atomic E-state index is -0.116. The predicted octanol–water partition coefficient (Wildman–Crippen LogP) is 2.19. The topological polar surface area (TPSA) is 38.5 Å². The summed E-state index contributed by atoms with van der Waals surface area (Å²) < 4.78 is 5.39. The van der Waals surface area contributed by atoms with Crippen LogP contribution in [-0.4, -0.2) is 32.3 Å². The zero-order valence-electron chi connectivity index (χ0n) is 11.5. The number of methoxy groups -OCH3 is 1. The van der Waals surface area contributed by atoms with Crippen molar-refractivity contribution < 1.29 is 4.74 Å². The van der Waals surface area contributed by atoms with E-state index < -0.39 is 0 Å². The van der Waals surface area contributed by atoms with Gasteiger partial charge in [-0.25, -0.2) is 0 Å². The first kappa shape index (κ1) is 13.4. The standard InChI is InChI=1S/C15H24N2O/c1-15(11-16,12-18-2)17-10-6-5-8-13-7-3-4-9-14(13)17/h3-4,7,9H,5-6,8,10-12,16H2,1-2H3. The fourth-order valence-electron chi connectivity index (χ4n) is 2.81. The lowest BCUT2D eigenvalue weighted by Crippen LogP contribution is -2.55. The summed E-state index contributed by atoms with van der Waals surface area (Å²) in [6, 6.07) is 8.68. The Morgan fingerprint density at radius 2 is 2.11 bits per heavy atom. The van der Waals surface area contributed by atoms with Gasteiger partial charge in [-0.1, -0.05) is 18.2 Å². The Bertz CT molecular complexity index is 394. The molecule has 1 aliphatic rings. The van der Waals surface area contributed by atoms with Gasteiger partial charge in [0, 0.05) is 25.9 Å². The van der Waals surface area contributed by atoms with Crippen LogP contribution in [0.15, 0.2) is 24.3 Å². The molecule has 0 aromatic heterocycles. The molecule has 0 radical (unpaired) electrons. The van der Waals surface area contributed by atoms with E-state index in [0.29, 0.717) is 13.2 Å². The lowest BCUT2D eigenvalue weighted by atomic mass is 9.98. The minimum absolute atomic E-state index is 0.116. The van der Waals surface area contributed by atoms with Crippen LogP contribution in [-0.2, 0) is 11.2 Å². The van der Waals surface area contributed by atoms with E-state index in [4.69, 9.17) is 10.5 Å². The molecule has 0 fully saturated rings. The SMILES string of the molecule is COCC(C)(CN)N1CCCCc2ccccc21. The van der Waals surface area contributed by atoms with Gasteiger partial charge < -0.3 is 15.4 Å². The van der Waals surface area contributed by atoms with Crippen molar-refractivity contribution in [3.63, 3.8) is 0 Å². The van der Waals surface area contributed by atoms with Crippen LogP contribution >= 0.6 is 0 Å². The van der Waals surface area contributed by atoms with E-state index in [1.807, 2.05) is 0 Å². The predicted molar refractivity (Wildman–Crippen MR) is 76.1 cm³/mol. The number of hydrogen-bond acceptors (Lipinski definition) is 3. The number of rotatable bonds is 4. The molecule has 1 heterocycles. The largest absolute Gasteiger partial charge is 0.382 e. The smallest absolute Gasteiger partial charge is 0.0728 e. The highest BCUT2D eigenvalue weighted by atomic mass is 16.5. The average Bonchev–Trinajstić information content (AvgIpc) is 2.61. The molecule has 1 unspecified atom stereocenters. The van der Waals surface area contributed by atoms with Gasteiger partial charge in [0.1, 0.15) is 0 Å². The molecule has 0 amide bonds. The summed E-state index contributed by atoms with van der Waals surface area (Å²) >= 11 is 0. The molecule has 18 heavy (non-hydrogen) atoms. The fourth-order valence-corrected chi connectivity index (χ4v) is 2.81. The Labute approximate surface area is 110 Å². The summed E-state index contributed by atoms with van der Waals surface area (Å²) in [6.07, 6.45) is 3.63. The van der Waals surface area contributed by atoms with Crippen molar-refractivity contribution in [1.82, 2.24) is 0 Å². The third-order valence-corrected chi connectivity index (χ3v) is 3.91. The molecule has 2 N–H and O–H groups in total. The van der Waals surface area contributed by atoms with Gasteiger partial charge >= 0.3 is 0 Å². The number of para-hydroxylation sites is 1. The van der Waals surface area contributed by atoms with Crippen LogP contribution in [0, 0.1) is 0 Å².